The fourth-order valence-corrected chi connectivity index (χ4v) is 1.78. The summed E-state index contributed by atoms with van der Waals surface area (Å²) >= 11 is 0. The lowest BCUT2D eigenvalue weighted by Crippen LogP contribution is -2.05. The zero-order chi connectivity index (χ0) is 10.7. The molecule has 1 aromatic rings. The van der Waals surface area contributed by atoms with Crippen LogP contribution in [0.15, 0.2) is 12.5 Å². The summed E-state index contributed by atoms with van der Waals surface area (Å²) in [5, 5.41) is 9.96. The van der Waals surface area contributed by atoms with Gasteiger partial charge in [0.1, 0.15) is 0 Å². The third-order valence-electron chi connectivity index (χ3n) is 2.78. The van der Waals surface area contributed by atoms with E-state index in [4.69, 9.17) is 6.42 Å². The van der Waals surface area contributed by atoms with Gasteiger partial charge in [0.05, 0.1) is 24.3 Å². The third kappa shape index (κ3) is 2.40. The highest BCUT2D eigenvalue weighted by atomic mass is 16.3. The number of aliphatic hydroxyl groups excluding tert-OH is 1. The molecule has 0 aliphatic heterocycles. The van der Waals surface area contributed by atoms with Crippen molar-refractivity contribution < 1.29 is 5.11 Å². The Kier molecular flexibility index (Phi) is 3.08. The molecule has 1 aliphatic carbocycles. The number of aromatic nitrogens is 2. The SMILES string of the molecule is C#CCCCC(O)c1cncn1C1CC1. The fourth-order valence-electron chi connectivity index (χ4n) is 1.78. The van der Waals surface area contributed by atoms with E-state index in [1.807, 2.05) is 6.33 Å². The second kappa shape index (κ2) is 4.50. The van der Waals surface area contributed by atoms with Crippen LogP contribution in [0.1, 0.15) is 49.9 Å². The molecule has 0 amide bonds. The molecule has 0 aromatic carbocycles. The van der Waals surface area contributed by atoms with Crippen molar-refractivity contribution >= 4 is 0 Å². The van der Waals surface area contributed by atoms with Crippen LogP contribution in [0.2, 0.25) is 0 Å². The van der Waals surface area contributed by atoms with Gasteiger partial charge in [-0.3, -0.25) is 0 Å². The summed E-state index contributed by atoms with van der Waals surface area (Å²) in [4.78, 5) is 4.10. The van der Waals surface area contributed by atoms with Gasteiger partial charge in [-0.1, -0.05) is 0 Å². The van der Waals surface area contributed by atoms with E-state index in [0.717, 1.165) is 25.0 Å². The average Bonchev–Trinajstić information content (AvgIpc) is 2.96. The minimum absolute atomic E-state index is 0.415. The monoisotopic (exact) mass is 204 g/mol. The third-order valence-corrected chi connectivity index (χ3v) is 2.78. The van der Waals surface area contributed by atoms with Crippen LogP contribution in [0.3, 0.4) is 0 Å². The van der Waals surface area contributed by atoms with Gasteiger partial charge < -0.3 is 9.67 Å². The number of unbranched alkanes of at least 4 members (excludes halogenated alkanes) is 1. The van der Waals surface area contributed by atoms with Gasteiger partial charge in [0.25, 0.3) is 0 Å². The highest BCUT2D eigenvalue weighted by Gasteiger charge is 2.27. The van der Waals surface area contributed by atoms with Crippen molar-refractivity contribution in [3.63, 3.8) is 0 Å². The molecule has 80 valence electrons. The van der Waals surface area contributed by atoms with Crippen molar-refractivity contribution in [1.29, 1.82) is 0 Å². The Morgan fingerprint density at radius 1 is 1.67 bits per heavy atom. The smallest absolute Gasteiger partial charge is 0.0956 e. The van der Waals surface area contributed by atoms with E-state index in [2.05, 4.69) is 15.5 Å². The van der Waals surface area contributed by atoms with Crippen molar-refractivity contribution in [2.45, 2.75) is 44.2 Å². The molecule has 0 radical (unpaired) electrons. The standard InChI is InChI=1S/C12H16N2O/c1-2-3-4-5-12(15)11-8-13-9-14(11)10-6-7-10/h1,8-10,12,15H,3-7H2. The van der Waals surface area contributed by atoms with Crippen molar-refractivity contribution in [1.82, 2.24) is 9.55 Å². The molecule has 0 saturated heterocycles. The van der Waals surface area contributed by atoms with E-state index in [0.29, 0.717) is 6.04 Å². The van der Waals surface area contributed by atoms with E-state index >= 15 is 0 Å². The lowest BCUT2D eigenvalue weighted by molar-refractivity contribution is 0.155. The van der Waals surface area contributed by atoms with Gasteiger partial charge in [0.15, 0.2) is 0 Å². The average molecular weight is 204 g/mol. The molecule has 1 fully saturated rings. The minimum atomic E-state index is -0.415. The van der Waals surface area contributed by atoms with E-state index in [1.165, 1.54) is 12.8 Å². The van der Waals surface area contributed by atoms with Crippen LogP contribution in [0, 0.1) is 12.3 Å². The molecule has 0 bridgehead atoms. The van der Waals surface area contributed by atoms with Crippen LogP contribution in [0.25, 0.3) is 0 Å². The van der Waals surface area contributed by atoms with Crippen molar-refractivity contribution in [2.24, 2.45) is 0 Å². The maximum absolute atomic E-state index is 9.96. The summed E-state index contributed by atoms with van der Waals surface area (Å²) in [5.41, 5.74) is 0.939. The summed E-state index contributed by atoms with van der Waals surface area (Å²) in [6.07, 6.45) is 13.1. The number of imidazole rings is 1. The lowest BCUT2D eigenvalue weighted by Gasteiger charge is -2.12. The Labute approximate surface area is 90.1 Å². The molecule has 2 rings (SSSR count). The molecule has 0 spiro atoms. The first-order valence-corrected chi connectivity index (χ1v) is 5.46. The summed E-state index contributed by atoms with van der Waals surface area (Å²) in [6.45, 7) is 0. The Bertz CT molecular complexity index is 360. The first kappa shape index (κ1) is 10.3. The van der Waals surface area contributed by atoms with Crippen molar-refractivity contribution in [3.05, 3.63) is 18.2 Å². The van der Waals surface area contributed by atoms with Crippen molar-refractivity contribution in [2.75, 3.05) is 0 Å². The summed E-state index contributed by atoms with van der Waals surface area (Å²) in [7, 11) is 0. The number of rotatable bonds is 5. The maximum atomic E-state index is 9.96. The molecule has 1 N–H and O–H groups in total. The van der Waals surface area contributed by atoms with Crippen LogP contribution in [-0.4, -0.2) is 14.7 Å². The Morgan fingerprint density at radius 2 is 2.47 bits per heavy atom. The molecule has 1 heterocycles. The quantitative estimate of drug-likeness (QED) is 0.589. The minimum Gasteiger partial charge on any atom is -0.387 e. The van der Waals surface area contributed by atoms with Crippen molar-refractivity contribution in [3.8, 4) is 12.3 Å². The number of aliphatic hydroxyl groups is 1. The molecule has 1 saturated carbocycles. The summed E-state index contributed by atoms with van der Waals surface area (Å²) < 4.78 is 2.10. The molecule has 1 aliphatic rings. The number of hydrogen-bond acceptors (Lipinski definition) is 2. The molecule has 15 heavy (non-hydrogen) atoms. The molecule has 3 heteroatoms. The first-order valence-electron chi connectivity index (χ1n) is 5.46. The van der Waals surface area contributed by atoms with Gasteiger partial charge in [-0.05, 0) is 25.7 Å². The highest BCUT2D eigenvalue weighted by molar-refractivity contribution is 5.06. The predicted octanol–water partition coefficient (Wildman–Crippen LogP) is 2.05. The van der Waals surface area contributed by atoms with E-state index < -0.39 is 6.10 Å². The number of hydrogen-bond donors (Lipinski definition) is 1. The molecule has 1 aromatic heterocycles. The Morgan fingerprint density at radius 3 is 3.13 bits per heavy atom. The largest absolute Gasteiger partial charge is 0.387 e. The molecule has 1 atom stereocenters. The van der Waals surface area contributed by atoms with Crippen LogP contribution < -0.4 is 0 Å². The second-order valence-corrected chi connectivity index (χ2v) is 4.07. The number of terminal acetylenes is 1. The molecule has 1 unspecified atom stereocenters. The Hall–Kier alpha value is -1.27. The first-order chi connectivity index (χ1) is 7.33. The fraction of sp³-hybridized carbons (Fsp3) is 0.583. The zero-order valence-electron chi connectivity index (χ0n) is 8.76. The normalized spacial score (nSPS) is 17.3. The van der Waals surface area contributed by atoms with Gasteiger partial charge in [-0.2, -0.15) is 0 Å². The van der Waals surface area contributed by atoms with Crippen LogP contribution in [0.4, 0.5) is 0 Å². The topological polar surface area (TPSA) is 38.1 Å². The van der Waals surface area contributed by atoms with Gasteiger partial charge in [0.2, 0.25) is 0 Å². The lowest BCUT2D eigenvalue weighted by atomic mass is 10.1. The molecule has 3 nitrogen and oxygen atoms in total. The van der Waals surface area contributed by atoms with E-state index in [-0.39, 0.29) is 0 Å². The zero-order valence-corrected chi connectivity index (χ0v) is 8.76. The number of nitrogens with zero attached hydrogens (tertiary/aromatic N) is 2. The van der Waals surface area contributed by atoms with Gasteiger partial charge in [-0.15, -0.1) is 12.3 Å². The molecular weight excluding hydrogens is 188 g/mol. The van der Waals surface area contributed by atoms with Crippen LogP contribution >= 0.6 is 0 Å². The van der Waals surface area contributed by atoms with Crippen LogP contribution in [-0.2, 0) is 0 Å². The van der Waals surface area contributed by atoms with Gasteiger partial charge in [0, 0.05) is 12.5 Å². The van der Waals surface area contributed by atoms with E-state index in [9.17, 15) is 5.11 Å². The van der Waals surface area contributed by atoms with Gasteiger partial charge >= 0.3 is 0 Å². The second-order valence-electron chi connectivity index (χ2n) is 4.07. The van der Waals surface area contributed by atoms with Gasteiger partial charge in [-0.25, -0.2) is 4.98 Å². The summed E-state index contributed by atoms with van der Waals surface area (Å²) in [5.74, 6) is 2.58. The van der Waals surface area contributed by atoms with Crippen LogP contribution in [0.5, 0.6) is 0 Å². The highest BCUT2D eigenvalue weighted by Crippen LogP contribution is 2.37. The molecular formula is C12H16N2O. The summed E-state index contributed by atoms with van der Waals surface area (Å²) in [6, 6.07) is 0.574. The van der Waals surface area contributed by atoms with E-state index in [1.54, 1.807) is 6.20 Å². The maximum Gasteiger partial charge on any atom is 0.0956 e. The predicted molar refractivity (Wildman–Crippen MR) is 58.1 cm³/mol. The Balaban J connectivity index is 1.95.